The van der Waals surface area contributed by atoms with E-state index < -0.39 is 0 Å². The third-order valence-corrected chi connectivity index (χ3v) is 3.00. The molecule has 0 aromatic rings. The number of nitrogens with zero attached hydrogens (tertiary/aromatic N) is 1. The number of carbonyl (C=O) groups excluding carboxylic acids is 1. The molecule has 1 fully saturated rings. The minimum absolute atomic E-state index is 0.259. The molecule has 1 unspecified atom stereocenters. The number of hydrogen-bond acceptors (Lipinski definition) is 2. The molecule has 14 heavy (non-hydrogen) atoms. The highest BCUT2D eigenvalue weighted by Crippen LogP contribution is 2.14. The van der Waals surface area contributed by atoms with Crippen LogP contribution in [0, 0.1) is 5.92 Å². The topological polar surface area (TPSA) is 32.3 Å². The molecule has 0 aromatic carbocycles. The van der Waals surface area contributed by atoms with Crippen LogP contribution in [0.15, 0.2) is 0 Å². The van der Waals surface area contributed by atoms with Gasteiger partial charge in [0.15, 0.2) is 0 Å². The zero-order chi connectivity index (χ0) is 10.4. The van der Waals surface area contributed by atoms with Gasteiger partial charge in [-0.1, -0.05) is 6.92 Å². The fourth-order valence-corrected chi connectivity index (χ4v) is 1.97. The fourth-order valence-electron chi connectivity index (χ4n) is 1.97. The first-order valence-corrected chi connectivity index (χ1v) is 5.68. The van der Waals surface area contributed by atoms with Gasteiger partial charge in [-0.05, 0) is 38.3 Å². The van der Waals surface area contributed by atoms with Gasteiger partial charge < -0.3 is 10.2 Å². The molecule has 1 N–H and O–H groups in total. The summed E-state index contributed by atoms with van der Waals surface area (Å²) < 4.78 is 0. The lowest BCUT2D eigenvalue weighted by Gasteiger charge is -2.17. The second-order valence-electron chi connectivity index (χ2n) is 4.17. The molecule has 1 amide bonds. The molecular formula is C11H22N2O. The number of carbonyl (C=O) groups is 1. The Bertz CT molecular complexity index is 176. The first-order chi connectivity index (χ1) is 6.74. The number of amides is 1. The maximum absolute atomic E-state index is 11.3. The maximum Gasteiger partial charge on any atom is 0.222 e. The highest BCUT2D eigenvalue weighted by atomic mass is 16.2. The summed E-state index contributed by atoms with van der Waals surface area (Å²) in [7, 11) is 1.90. The summed E-state index contributed by atoms with van der Waals surface area (Å²) in [5, 5.41) is 3.36. The molecule has 3 nitrogen and oxygen atoms in total. The molecule has 82 valence electrons. The standard InChI is InChI=1S/C11H22N2O/c1-3-11(14)13(2)8-4-5-10-6-7-12-9-10/h10,12H,3-9H2,1-2H3. The fraction of sp³-hybridized carbons (Fsp3) is 0.909. The van der Waals surface area contributed by atoms with Crippen molar-refractivity contribution in [2.24, 2.45) is 5.92 Å². The van der Waals surface area contributed by atoms with Gasteiger partial charge in [-0.3, -0.25) is 4.79 Å². The zero-order valence-electron chi connectivity index (χ0n) is 9.38. The SMILES string of the molecule is CCC(=O)N(C)CCCC1CCNC1. The van der Waals surface area contributed by atoms with Crippen LogP contribution in [-0.4, -0.2) is 37.5 Å². The molecule has 0 saturated carbocycles. The molecule has 1 aliphatic heterocycles. The van der Waals surface area contributed by atoms with E-state index in [0.717, 1.165) is 18.9 Å². The Morgan fingerprint density at radius 3 is 2.93 bits per heavy atom. The molecule has 0 aromatic heterocycles. The van der Waals surface area contributed by atoms with Gasteiger partial charge in [0.25, 0.3) is 0 Å². The third-order valence-electron chi connectivity index (χ3n) is 3.00. The average Bonchev–Trinajstić information content (AvgIpc) is 2.69. The summed E-state index contributed by atoms with van der Waals surface area (Å²) in [5.74, 6) is 1.11. The third kappa shape index (κ3) is 3.66. The van der Waals surface area contributed by atoms with Crippen molar-refractivity contribution >= 4 is 5.91 Å². The van der Waals surface area contributed by atoms with Crippen molar-refractivity contribution in [2.75, 3.05) is 26.7 Å². The molecule has 3 heteroatoms. The van der Waals surface area contributed by atoms with Gasteiger partial charge in [0.2, 0.25) is 5.91 Å². The second kappa shape index (κ2) is 6.02. The molecule has 0 bridgehead atoms. The highest BCUT2D eigenvalue weighted by molar-refractivity contribution is 5.75. The largest absolute Gasteiger partial charge is 0.346 e. The first-order valence-electron chi connectivity index (χ1n) is 5.68. The van der Waals surface area contributed by atoms with E-state index in [-0.39, 0.29) is 5.91 Å². The zero-order valence-corrected chi connectivity index (χ0v) is 9.38. The van der Waals surface area contributed by atoms with E-state index in [2.05, 4.69) is 5.32 Å². The minimum atomic E-state index is 0.259. The number of rotatable bonds is 5. The molecule has 1 rings (SSSR count). The van der Waals surface area contributed by atoms with Crippen molar-refractivity contribution in [1.29, 1.82) is 0 Å². The van der Waals surface area contributed by atoms with Crippen LogP contribution in [0.4, 0.5) is 0 Å². The summed E-state index contributed by atoms with van der Waals surface area (Å²) in [6, 6.07) is 0. The monoisotopic (exact) mass is 198 g/mol. The Kier molecular flexibility index (Phi) is 4.94. The van der Waals surface area contributed by atoms with Crippen LogP contribution in [-0.2, 0) is 4.79 Å². The summed E-state index contributed by atoms with van der Waals surface area (Å²) >= 11 is 0. The Labute approximate surface area is 86.9 Å². The van der Waals surface area contributed by atoms with Crippen LogP contribution in [0.25, 0.3) is 0 Å². The van der Waals surface area contributed by atoms with Gasteiger partial charge in [-0.15, -0.1) is 0 Å². The summed E-state index contributed by atoms with van der Waals surface area (Å²) in [5.41, 5.74) is 0. The number of hydrogen-bond donors (Lipinski definition) is 1. The lowest BCUT2D eigenvalue weighted by Crippen LogP contribution is -2.27. The van der Waals surface area contributed by atoms with Gasteiger partial charge in [-0.25, -0.2) is 0 Å². The summed E-state index contributed by atoms with van der Waals surface area (Å²) in [6.45, 7) is 5.18. The first kappa shape index (κ1) is 11.5. The van der Waals surface area contributed by atoms with E-state index in [1.165, 1.54) is 25.9 Å². The minimum Gasteiger partial charge on any atom is -0.346 e. The van der Waals surface area contributed by atoms with E-state index in [0.29, 0.717) is 6.42 Å². The van der Waals surface area contributed by atoms with Crippen molar-refractivity contribution in [1.82, 2.24) is 10.2 Å². The Morgan fingerprint density at radius 1 is 1.57 bits per heavy atom. The van der Waals surface area contributed by atoms with Crippen LogP contribution in [0.2, 0.25) is 0 Å². The lowest BCUT2D eigenvalue weighted by atomic mass is 10.0. The normalized spacial score (nSPS) is 21.1. The molecule has 0 aliphatic carbocycles. The van der Waals surface area contributed by atoms with Crippen LogP contribution in [0.3, 0.4) is 0 Å². The van der Waals surface area contributed by atoms with E-state index in [1.54, 1.807) is 0 Å². The highest BCUT2D eigenvalue weighted by Gasteiger charge is 2.14. The molecule has 1 heterocycles. The predicted molar refractivity (Wildman–Crippen MR) is 58.1 cm³/mol. The lowest BCUT2D eigenvalue weighted by molar-refractivity contribution is -0.129. The average molecular weight is 198 g/mol. The Morgan fingerprint density at radius 2 is 2.36 bits per heavy atom. The van der Waals surface area contributed by atoms with Crippen molar-refractivity contribution < 1.29 is 4.79 Å². The smallest absolute Gasteiger partial charge is 0.222 e. The van der Waals surface area contributed by atoms with Crippen LogP contribution in [0.1, 0.15) is 32.6 Å². The van der Waals surface area contributed by atoms with Crippen molar-refractivity contribution in [3.05, 3.63) is 0 Å². The van der Waals surface area contributed by atoms with Gasteiger partial charge in [-0.2, -0.15) is 0 Å². The molecule has 0 spiro atoms. The molecule has 1 saturated heterocycles. The van der Waals surface area contributed by atoms with Gasteiger partial charge in [0, 0.05) is 20.0 Å². The van der Waals surface area contributed by atoms with E-state index in [1.807, 2.05) is 18.9 Å². The number of nitrogens with one attached hydrogen (secondary N) is 1. The molecule has 1 atom stereocenters. The maximum atomic E-state index is 11.3. The van der Waals surface area contributed by atoms with Gasteiger partial charge >= 0.3 is 0 Å². The van der Waals surface area contributed by atoms with E-state index in [4.69, 9.17) is 0 Å². The van der Waals surface area contributed by atoms with Crippen LogP contribution in [0.5, 0.6) is 0 Å². The van der Waals surface area contributed by atoms with E-state index in [9.17, 15) is 4.79 Å². The summed E-state index contributed by atoms with van der Waals surface area (Å²) in [4.78, 5) is 13.1. The van der Waals surface area contributed by atoms with E-state index >= 15 is 0 Å². The van der Waals surface area contributed by atoms with Gasteiger partial charge in [0.1, 0.15) is 0 Å². The Balaban J connectivity index is 2.05. The summed E-state index contributed by atoms with van der Waals surface area (Å²) in [6.07, 6.45) is 4.34. The van der Waals surface area contributed by atoms with Crippen LogP contribution < -0.4 is 5.32 Å². The predicted octanol–water partition coefficient (Wildman–Crippen LogP) is 1.24. The van der Waals surface area contributed by atoms with Crippen molar-refractivity contribution in [2.45, 2.75) is 32.6 Å². The van der Waals surface area contributed by atoms with Crippen LogP contribution >= 0.6 is 0 Å². The Hall–Kier alpha value is -0.570. The van der Waals surface area contributed by atoms with Crippen molar-refractivity contribution in [3.8, 4) is 0 Å². The molecule has 1 aliphatic rings. The molecular weight excluding hydrogens is 176 g/mol. The van der Waals surface area contributed by atoms with Gasteiger partial charge in [0.05, 0.1) is 0 Å². The second-order valence-corrected chi connectivity index (χ2v) is 4.17. The quantitative estimate of drug-likeness (QED) is 0.721. The molecule has 0 radical (unpaired) electrons. The van der Waals surface area contributed by atoms with Crippen molar-refractivity contribution in [3.63, 3.8) is 0 Å².